The van der Waals surface area contributed by atoms with Crippen molar-refractivity contribution >= 4 is 17.4 Å². The second kappa shape index (κ2) is 11.4. The molecule has 212 valence electrons. The number of hydrogen-bond donors (Lipinski definition) is 0. The van der Waals surface area contributed by atoms with E-state index in [-0.39, 0.29) is 23.4 Å². The molecule has 0 atom stereocenters. The van der Waals surface area contributed by atoms with Crippen LogP contribution in [0.3, 0.4) is 0 Å². The third-order valence-electron chi connectivity index (χ3n) is 6.54. The zero-order valence-electron chi connectivity index (χ0n) is 22.5. The summed E-state index contributed by atoms with van der Waals surface area (Å²) in [5, 5.41) is 0. The van der Waals surface area contributed by atoms with Crippen LogP contribution in [0.1, 0.15) is 54.9 Å². The van der Waals surface area contributed by atoms with Crippen LogP contribution in [0.2, 0.25) is 0 Å². The Morgan fingerprint density at radius 1 is 1.10 bits per heavy atom. The molecule has 8 nitrogen and oxygen atoms in total. The summed E-state index contributed by atoms with van der Waals surface area (Å²) < 4.78 is 63.5. The number of alkyl halides is 3. The summed E-state index contributed by atoms with van der Waals surface area (Å²) >= 11 is 0. The van der Waals surface area contributed by atoms with Gasteiger partial charge >= 0.3 is 12.1 Å². The van der Waals surface area contributed by atoms with E-state index < -0.39 is 40.7 Å². The Kier molecular flexibility index (Phi) is 8.41. The highest BCUT2D eigenvalue weighted by Gasteiger charge is 2.45. The van der Waals surface area contributed by atoms with Gasteiger partial charge in [0.05, 0.1) is 24.9 Å². The lowest BCUT2D eigenvalue weighted by Crippen LogP contribution is -2.38. The Hall–Kier alpha value is -3.31. The molecule has 11 heteroatoms. The van der Waals surface area contributed by atoms with Gasteiger partial charge in [0, 0.05) is 48.9 Å². The van der Waals surface area contributed by atoms with E-state index in [2.05, 4.69) is 4.90 Å². The fourth-order valence-corrected chi connectivity index (χ4v) is 4.64. The van der Waals surface area contributed by atoms with Gasteiger partial charge in [-0.1, -0.05) is 13.8 Å². The Labute approximate surface area is 225 Å². The van der Waals surface area contributed by atoms with Gasteiger partial charge in [-0.25, -0.2) is 4.79 Å². The van der Waals surface area contributed by atoms with E-state index in [1.165, 1.54) is 4.90 Å². The molecule has 2 aromatic rings. The van der Waals surface area contributed by atoms with Crippen molar-refractivity contribution in [2.75, 3.05) is 46.0 Å². The average molecular weight is 551 g/mol. The molecule has 3 heterocycles. The van der Waals surface area contributed by atoms with Crippen LogP contribution >= 0.6 is 0 Å². The minimum Gasteiger partial charge on any atom is -0.492 e. The largest absolute Gasteiger partial charge is 0.492 e. The quantitative estimate of drug-likeness (QED) is 0.461. The van der Waals surface area contributed by atoms with Crippen LogP contribution in [0.5, 0.6) is 5.75 Å². The van der Waals surface area contributed by atoms with Gasteiger partial charge in [-0.2, -0.15) is 13.2 Å². The molecule has 0 aliphatic carbocycles. The number of esters is 1. The molecule has 1 aromatic carbocycles. The lowest BCUT2D eigenvalue weighted by Gasteiger charge is -2.28. The van der Waals surface area contributed by atoms with Gasteiger partial charge in [0.25, 0.3) is 5.91 Å². The molecule has 0 bridgehead atoms. The molecular formula is C28H33F3N2O6. The molecular weight excluding hydrogens is 517 g/mol. The number of nitrogens with zero attached hydrogens (tertiary/aromatic N) is 2. The van der Waals surface area contributed by atoms with Crippen LogP contribution in [0.25, 0.3) is 5.57 Å². The summed E-state index contributed by atoms with van der Waals surface area (Å²) in [6.45, 7) is 10.8. The number of ether oxygens (including phenoxy) is 3. The SMILES string of the molecule is CC(C)OC(=O)C1=CN(C(=O)c2ccc(OCCN3CCOCC3)cc2)CC(C)(C)c2occ(C(F)(F)F)c21. The molecule has 39 heavy (non-hydrogen) atoms. The molecule has 2 aliphatic heterocycles. The van der Waals surface area contributed by atoms with Crippen LogP contribution in [0.4, 0.5) is 13.2 Å². The Morgan fingerprint density at radius 3 is 2.38 bits per heavy atom. The van der Waals surface area contributed by atoms with Crippen molar-refractivity contribution < 1.29 is 41.4 Å². The van der Waals surface area contributed by atoms with Gasteiger partial charge in [-0.15, -0.1) is 0 Å². The van der Waals surface area contributed by atoms with E-state index >= 15 is 0 Å². The van der Waals surface area contributed by atoms with Crippen LogP contribution in [0.15, 0.2) is 41.1 Å². The van der Waals surface area contributed by atoms with Crippen LogP contribution < -0.4 is 4.74 Å². The third-order valence-corrected chi connectivity index (χ3v) is 6.54. The zero-order chi connectivity index (χ0) is 28.4. The molecule has 0 unspecified atom stereocenters. The summed E-state index contributed by atoms with van der Waals surface area (Å²) in [7, 11) is 0. The summed E-state index contributed by atoms with van der Waals surface area (Å²) in [6, 6.07) is 6.50. The van der Waals surface area contributed by atoms with E-state index in [1.807, 2.05) is 0 Å². The van der Waals surface area contributed by atoms with Gasteiger partial charge < -0.3 is 23.5 Å². The van der Waals surface area contributed by atoms with Gasteiger partial charge in [0.15, 0.2) is 0 Å². The number of halogens is 3. The van der Waals surface area contributed by atoms with Crippen molar-refractivity contribution in [2.45, 2.75) is 45.4 Å². The lowest BCUT2D eigenvalue weighted by atomic mass is 9.85. The Morgan fingerprint density at radius 2 is 1.77 bits per heavy atom. The first kappa shape index (κ1) is 28.7. The summed E-state index contributed by atoms with van der Waals surface area (Å²) in [5.41, 5.74) is -2.65. The molecule has 1 aromatic heterocycles. The highest BCUT2D eigenvalue weighted by atomic mass is 19.4. The summed E-state index contributed by atoms with van der Waals surface area (Å²) in [6.07, 6.45) is -3.61. The van der Waals surface area contributed by atoms with Crippen molar-refractivity contribution in [1.29, 1.82) is 0 Å². The predicted octanol–water partition coefficient (Wildman–Crippen LogP) is 4.74. The summed E-state index contributed by atoms with van der Waals surface area (Å²) in [4.78, 5) is 30.0. The van der Waals surface area contributed by atoms with Gasteiger partial charge in [-0.05, 0) is 38.1 Å². The summed E-state index contributed by atoms with van der Waals surface area (Å²) in [5.74, 6) is -0.919. The van der Waals surface area contributed by atoms with E-state index in [9.17, 15) is 22.8 Å². The van der Waals surface area contributed by atoms with Gasteiger partial charge in [0.1, 0.15) is 29.9 Å². The van der Waals surface area contributed by atoms with Crippen LogP contribution in [-0.2, 0) is 25.9 Å². The average Bonchev–Trinajstić information content (AvgIpc) is 3.29. The third kappa shape index (κ3) is 6.65. The number of carbonyl (C=O) groups is 2. The fourth-order valence-electron chi connectivity index (χ4n) is 4.64. The molecule has 0 N–H and O–H groups in total. The molecule has 1 fully saturated rings. The minimum atomic E-state index is -4.78. The number of carbonyl (C=O) groups excluding carboxylic acids is 2. The Balaban J connectivity index is 1.59. The standard InChI is InChI=1S/C28H33F3N2O6/c1-18(2)39-26(35)21-15-33(17-27(3,4)24-23(21)22(16-38-24)28(29,30)31)25(34)19-5-7-20(8-6-19)37-14-11-32-9-12-36-13-10-32/h5-8,15-16,18H,9-14,17H2,1-4H3. The lowest BCUT2D eigenvalue weighted by molar-refractivity contribution is -0.140. The van der Waals surface area contributed by atoms with E-state index in [1.54, 1.807) is 52.0 Å². The smallest absolute Gasteiger partial charge is 0.420 e. The molecule has 0 spiro atoms. The second-order valence-corrected chi connectivity index (χ2v) is 10.5. The first-order valence-corrected chi connectivity index (χ1v) is 12.8. The number of morpholine rings is 1. The van der Waals surface area contributed by atoms with Crippen molar-refractivity contribution in [3.05, 3.63) is 59.2 Å². The van der Waals surface area contributed by atoms with E-state index in [0.717, 1.165) is 25.8 Å². The fraction of sp³-hybridized carbons (Fsp3) is 0.500. The number of benzene rings is 1. The van der Waals surface area contributed by atoms with Crippen molar-refractivity contribution in [1.82, 2.24) is 9.80 Å². The Bertz CT molecular complexity index is 1210. The normalized spacial score (nSPS) is 17.8. The highest BCUT2D eigenvalue weighted by Crippen LogP contribution is 2.44. The van der Waals surface area contributed by atoms with Crippen molar-refractivity contribution in [3.8, 4) is 5.75 Å². The number of rotatable bonds is 7. The number of amides is 1. The maximum atomic E-state index is 13.9. The topological polar surface area (TPSA) is 81.5 Å². The van der Waals surface area contributed by atoms with Gasteiger partial charge in [-0.3, -0.25) is 9.69 Å². The predicted molar refractivity (Wildman–Crippen MR) is 136 cm³/mol. The molecule has 2 aliphatic rings. The highest BCUT2D eigenvalue weighted by molar-refractivity contribution is 6.18. The van der Waals surface area contributed by atoms with Gasteiger partial charge in [0.2, 0.25) is 0 Å². The van der Waals surface area contributed by atoms with Crippen molar-refractivity contribution in [3.63, 3.8) is 0 Å². The van der Waals surface area contributed by atoms with E-state index in [0.29, 0.717) is 31.8 Å². The monoisotopic (exact) mass is 550 g/mol. The maximum absolute atomic E-state index is 13.9. The number of hydrogen-bond acceptors (Lipinski definition) is 7. The second-order valence-electron chi connectivity index (χ2n) is 10.5. The number of fused-ring (bicyclic) bond motifs is 1. The van der Waals surface area contributed by atoms with Crippen LogP contribution in [-0.4, -0.2) is 73.8 Å². The first-order chi connectivity index (χ1) is 18.4. The van der Waals surface area contributed by atoms with Crippen LogP contribution in [0, 0.1) is 0 Å². The zero-order valence-corrected chi connectivity index (χ0v) is 22.5. The van der Waals surface area contributed by atoms with Crippen molar-refractivity contribution in [2.24, 2.45) is 0 Å². The molecule has 1 amide bonds. The van der Waals surface area contributed by atoms with E-state index in [4.69, 9.17) is 18.6 Å². The molecule has 0 saturated carbocycles. The molecule has 4 rings (SSSR count). The molecule has 1 saturated heterocycles. The maximum Gasteiger partial charge on any atom is 0.420 e. The first-order valence-electron chi connectivity index (χ1n) is 12.8. The minimum absolute atomic E-state index is 0.0279. The number of furan rings is 1. The molecule has 0 radical (unpaired) electrons.